The van der Waals surface area contributed by atoms with Gasteiger partial charge in [0.15, 0.2) is 11.5 Å². The fourth-order valence-electron chi connectivity index (χ4n) is 3.54. The topological polar surface area (TPSA) is 74.6 Å². The van der Waals surface area contributed by atoms with Gasteiger partial charge >= 0.3 is 0 Å². The molecule has 1 aromatic carbocycles. The molecule has 7 nitrogen and oxygen atoms in total. The van der Waals surface area contributed by atoms with Crippen molar-refractivity contribution in [1.29, 1.82) is 0 Å². The number of aryl methyl sites for hydroxylation is 2. The molecule has 1 saturated heterocycles. The van der Waals surface area contributed by atoms with E-state index >= 15 is 0 Å². The van der Waals surface area contributed by atoms with Crippen molar-refractivity contribution in [2.24, 2.45) is 0 Å². The van der Waals surface area contributed by atoms with Crippen LogP contribution in [0.15, 0.2) is 36.7 Å². The summed E-state index contributed by atoms with van der Waals surface area (Å²) in [6, 6.07) is 8.22. The number of hydrogen-bond acceptors (Lipinski definition) is 5. The lowest BCUT2D eigenvalue weighted by molar-refractivity contribution is 0.102. The molecule has 1 unspecified atom stereocenters. The number of imidazole rings is 1. The number of hydrogen-bond donors (Lipinski definition) is 2. The first-order valence-electron chi connectivity index (χ1n) is 9.22. The number of amides is 1. The summed E-state index contributed by atoms with van der Waals surface area (Å²) in [6.45, 7) is 8.96. The van der Waals surface area contributed by atoms with E-state index in [9.17, 15) is 4.79 Å². The lowest BCUT2D eigenvalue weighted by atomic mass is 10.1. The second-order valence-electron chi connectivity index (χ2n) is 7.13. The highest BCUT2D eigenvalue weighted by Crippen LogP contribution is 2.18. The number of carbonyl (C=O) groups is 1. The number of anilines is 2. The molecule has 1 aliphatic heterocycles. The van der Waals surface area contributed by atoms with Crippen molar-refractivity contribution < 1.29 is 4.79 Å². The van der Waals surface area contributed by atoms with Gasteiger partial charge in [-0.25, -0.2) is 4.98 Å². The number of benzene rings is 1. The molecule has 0 saturated carbocycles. The Morgan fingerprint density at radius 3 is 2.70 bits per heavy atom. The van der Waals surface area contributed by atoms with E-state index in [1.54, 1.807) is 0 Å². The second-order valence-corrected chi connectivity index (χ2v) is 7.13. The lowest BCUT2D eigenvalue weighted by Crippen LogP contribution is -2.49. The summed E-state index contributed by atoms with van der Waals surface area (Å²) in [4.78, 5) is 23.8. The zero-order valence-electron chi connectivity index (χ0n) is 15.9. The molecule has 1 aliphatic rings. The van der Waals surface area contributed by atoms with Crippen LogP contribution in [0.25, 0.3) is 5.65 Å². The van der Waals surface area contributed by atoms with Gasteiger partial charge in [-0.15, -0.1) is 0 Å². The minimum absolute atomic E-state index is 0.166. The summed E-state index contributed by atoms with van der Waals surface area (Å²) in [5.41, 5.74) is 4.26. The quantitative estimate of drug-likeness (QED) is 0.746. The maximum absolute atomic E-state index is 12.6. The van der Waals surface area contributed by atoms with Crippen LogP contribution in [-0.2, 0) is 0 Å². The molecule has 4 rings (SSSR count). The van der Waals surface area contributed by atoms with Crippen molar-refractivity contribution in [1.82, 2.24) is 19.7 Å². The molecule has 2 N–H and O–H groups in total. The molecular weight excluding hydrogens is 340 g/mol. The van der Waals surface area contributed by atoms with Crippen LogP contribution in [0.1, 0.15) is 28.7 Å². The summed E-state index contributed by atoms with van der Waals surface area (Å²) < 4.78 is 1.89. The van der Waals surface area contributed by atoms with Gasteiger partial charge < -0.3 is 19.9 Å². The van der Waals surface area contributed by atoms with Crippen LogP contribution in [0.3, 0.4) is 0 Å². The zero-order valence-corrected chi connectivity index (χ0v) is 15.9. The fourth-order valence-corrected chi connectivity index (χ4v) is 3.54. The number of piperazine rings is 1. The van der Waals surface area contributed by atoms with Crippen LogP contribution >= 0.6 is 0 Å². The number of aromatic nitrogens is 3. The van der Waals surface area contributed by atoms with Gasteiger partial charge in [0, 0.05) is 43.1 Å². The van der Waals surface area contributed by atoms with Crippen molar-refractivity contribution in [3.63, 3.8) is 0 Å². The Kier molecular flexibility index (Phi) is 4.53. The maximum Gasteiger partial charge on any atom is 0.256 e. The van der Waals surface area contributed by atoms with Gasteiger partial charge in [0.1, 0.15) is 0 Å². The molecule has 0 radical (unpaired) electrons. The van der Waals surface area contributed by atoms with Gasteiger partial charge in [0.05, 0.1) is 17.6 Å². The first-order chi connectivity index (χ1) is 13.0. The van der Waals surface area contributed by atoms with Crippen molar-refractivity contribution in [2.45, 2.75) is 26.8 Å². The van der Waals surface area contributed by atoms with Crippen LogP contribution in [0, 0.1) is 13.8 Å². The number of carbonyl (C=O) groups excluding carboxylic acids is 1. The van der Waals surface area contributed by atoms with Gasteiger partial charge in [0.25, 0.3) is 5.91 Å². The van der Waals surface area contributed by atoms with Crippen LogP contribution in [-0.4, -0.2) is 46.0 Å². The van der Waals surface area contributed by atoms with Crippen LogP contribution in [0.4, 0.5) is 11.5 Å². The van der Waals surface area contributed by atoms with Crippen molar-refractivity contribution >= 4 is 23.1 Å². The third-order valence-electron chi connectivity index (χ3n) is 4.83. The lowest BCUT2D eigenvalue weighted by Gasteiger charge is -2.33. The minimum Gasteiger partial charge on any atom is -0.369 e. The van der Waals surface area contributed by atoms with Crippen molar-refractivity contribution in [3.05, 3.63) is 53.6 Å². The third-order valence-corrected chi connectivity index (χ3v) is 4.83. The Balaban J connectivity index is 1.49. The normalized spacial score (nSPS) is 17.3. The van der Waals surface area contributed by atoms with E-state index < -0.39 is 0 Å². The maximum atomic E-state index is 12.6. The van der Waals surface area contributed by atoms with Gasteiger partial charge in [0.2, 0.25) is 0 Å². The predicted molar refractivity (Wildman–Crippen MR) is 107 cm³/mol. The molecular formula is C20H24N6O. The highest BCUT2D eigenvalue weighted by atomic mass is 16.1. The number of nitrogens with one attached hydrogen (secondary N) is 2. The van der Waals surface area contributed by atoms with E-state index in [1.807, 2.05) is 54.9 Å². The molecule has 0 spiro atoms. The number of fused-ring (bicyclic) bond motifs is 1. The second kappa shape index (κ2) is 7.00. The Bertz CT molecular complexity index is 978. The van der Waals surface area contributed by atoms with E-state index in [2.05, 4.69) is 32.4 Å². The highest BCUT2D eigenvalue weighted by Gasteiger charge is 2.16. The van der Waals surface area contributed by atoms with E-state index in [0.29, 0.717) is 17.4 Å². The molecule has 27 heavy (non-hydrogen) atoms. The number of rotatable bonds is 3. The largest absolute Gasteiger partial charge is 0.369 e. The molecule has 1 fully saturated rings. The van der Waals surface area contributed by atoms with Gasteiger partial charge in [-0.2, -0.15) is 0 Å². The Labute approximate surface area is 158 Å². The summed E-state index contributed by atoms with van der Waals surface area (Å²) >= 11 is 0. The minimum atomic E-state index is -0.166. The van der Waals surface area contributed by atoms with Crippen molar-refractivity contribution in [2.75, 3.05) is 29.9 Å². The van der Waals surface area contributed by atoms with E-state index in [0.717, 1.165) is 42.4 Å². The van der Waals surface area contributed by atoms with E-state index in [-0.39, 0.29) is 5.91 Å². The van der Waals surface area contributed by atoms with Crippen LogP contribution in [0.2, 0.25) is 0 Å². The average molecular weight is 364 g/mol. The molecule has 0 bridgehead atoms. The smallest absolute Gasteiger partial charge is 0.256 e. The predicted octanol–water partition coefficient (Wildman–Crippen LogP) is 2.40. The van der Waals surface area contributed by atoms with Gasteiger partial charge in [-0.1, -0.05) is 0 Å². The molecule has 3 heterocycles. The monoisotopic (exact) mass is 364 g/mol. The zero-order chi connectivity index (χ0) is 19.0. The van der Waals surface area contributed by atoms with Crippen LogP contribution < -0.4 is 15.5 Å². The standard InChI is InChI=1S/C20H24N6O/c1-13-10-25(9-8-21-13)17-6-4-16(5-7-17)20(27)24-18-12-26-11-14(2)22-15(3)19(26)23-18/h4-7,11-13,21H,8-10H2,1-3H3,(H,24,27). The molecule has 0 aliphatic carbocycles. The molecule has 3 aromatic rings. The van der Waals surface area contributed by atoms with Gasteiger partial charge in [-0.05, 0) is 45.0 Å². The molecule has 7 heteroatoms. The first-order valence-corrected chi connectivity index (χ1v) is 9.22. The van der Waals surface area contributed by atoms with Crippen molar-refractivity contribution in [3.8, 4) is 0 Å². The molecule has 1 amide bonds. The first kappa shape index (κ1) is 17.5. The average Bonchev–Trinajstić information content (AvgIpc) is 3.04. The van der Waals surface area contributed by atoms with Gasteiger partial charge in [-0.3, -0.25) is 9.78 Å². The summed E-state index contributed by atoms with van der Waals surface area (Å²) in [7, 11) is 0. The summed E-state index contributed by atoms with van der Waals surface area (Å²) in [6.07, 6.45) is 3.71. The van der Waals surface area contributed by atoms with E-state index in [4.69, 9.17) is 0 Å². The van der Waals surface area contributed by atoms with Crippen LogP contribution in [0.5, 0.6) is 0 Å². The SMILES string of the molecule is Cc1cn2cc(NC(=O)c3ccc(N4CCNC(C)C4)cc3)nc2c(C)n1. The Hall–Kier alpha value is -2.93. The molecule has 1 atom stereocenters. The Morgan fingerprint density at radius 1 is 1.19 bits per heavy atom. The fraction of sp³-hybridized carbons (Fsp3) is 0.350. The molecule has 140 valence electrons. The van der Waals surface area contributed by atoms with E-state index in [1.165, 1.54) is 0 Å². The third kappa shape index (κ3) is 3.64. The Morgan fingerprint density at radius 2 is 1.96 bits per heavy atom. The number of nitrogens with zero attached hydrogens (tertiary/aromatic N) is 4. The molecule has 2 aromatic heterocycles. The highest BCUT2D eigenvalue weighted by molar-refractivity contribution is 6.04. The summed E-state index contributed by atoms with van der Waals surface area (Å²) in [5, 5.41) is 6.32. The summed E-state index contributed by atoms with van der Waals surface area (Å²) in [5.74, 6) is 0.358.